The van der Waals surface area contributed by atoms with E-state index in [2.05, 4.69) is 0 Å². The van der Waals surface area contributed by atoms with Crippen molar-refractivity contribution in [1.29, 1.82) is 0 Å². The molecule has 2 unspecified atom stereocenters. The summed E-state index contributed by atoms with van der Waals surface area (Å²) in [4.78, 5) is 29.8. The van der Waals surface area contributed by atoms with Gasteiger partial charge in [-0.2, -0.15) is 0 Å². The van der Waals surface area contributed by atoms with Crippen LogP contribution in [-0.4, -0.2) is 28.7 Å². The van der Waals surface area contributed by atoms with E-state index in [0.717, 1.165) is 0 Å². The molecule has 7 nitrogen and oxygen atoms in total. The molecule has 2 rings (SSSR count). The molecule has 0 amide bonds. The fourth-order valence-corrected chi connectivity index (χ4v) is 3.48. The Hall–Kier alpha value is -2.51. The average Bonchev–Trinajstić information content (AvgIpc) is 2.61. The van der Waals surface area contributed by atoms with Crippen LogP contribution in [0.5, 0.6) is 0 Å². The minimum absolute atomic E-state index is 0.146. The molecular weight excluding hydrogens is 383 g/mol. The monoisotopic (exact) mass is 396 g/mol. The van der Waals surface area contributed by atoms with Gasteiger partial charge in [0.1, 0.15) is 0 Å². The van der Waals surface area contributed by atoms with Crippen LogP contribution in [0.4, 0.5) is 0 Å². The maximum Gasteiger partial charge on any atom is 0.234 e. The molecule has 2 aromatic carbocycles. The molecule has 0 aliphatic rings. The van der Waals surface area contributed by atoms with E-state index in [1.165, 1.54) is 24.3 Å². The van der Waals surface area contributed by atoms with Gasteiger partial charge in [0, 0.05) is 9.85 Å². The molecule has 0 saturated heterocycles. The normalized spacial score (nSPS) is 15.5. The Morgan fingerprint density at radius 1 is 0.769 bits per heavy atom. The van der Waals surface area contributed by atoms with Gasteiger partial charge in [-0.05, 0) is 11.1 Å². The van der Waals surface area contributed by atoms with E-state index in [4.69, 9.17) is 23.2 Å². The van der Waals surface area contributed by atoms with E-state index in [-0.39, 0.29) is 11.1 Å². The quantitative estimate of drug-likeness (QED) is 0.386. The van der Waals surface area contributed by atoms with Crippen molar-refractivity contribution < 1.29 is 14.6 Å². The summed E-state index contributed by atoms with van der Waals surface area (Å²) in [5, 5.41) is 22.3. The number of benzene rings is 2. The van der Waals surface area contributed by atoms with Crippen LogP contribution in [0.15, 0.2) is 60.7 Å². The van der Waals surface area contributed by atoms with Crippen LogP contribution in [0.2, 0.25) is 0 Å². The molecule has 2 aromatic rings. The number of hydrogen-bond donors (Lipinski definition) is 0. The number of alkyl halides is 2. The molecule has 0 bridgehead atoms. The van der Waals surface area contributed by atoms with Crippen LogP contribution >= 0.6 is 23.2 Å². The maximum atomic E-state index is 13.3. The highest BCUT2D eigenvalue weighted by Gasteiger charge is 2.56. The van der Waals surface area contributed by atoms with Gasteiger partial charge in [0.05, 0.1) is 0 Å². The zero-order valence-electron chi connectivity index (χ0n) is 13.4. The molecule has 0 radical (unpaired) electrons. The van der Waals surface area contributed by atoms with Crippen molar-refractivity contribution in [3.05, 3.63) is 92.0 Å². The highest BCUT2D eigenvalue weighted by Crippen LogP contribution is 2.42. The first-order valence-corrected chi connectivity index (χ1v) is 8.23. The first-order valence-electron chi connectivity index (χ1n) is 7.47. The van der Waals surface area contributed by atoms with E-state index in [1.54, 1.807) is 36.4 Å². The van der Waals surface area contributed by atoms with Gasteiger partial charge in [-0.15, -0.1) is 0 Å². The van der Waals surface area contributed by atoms with E-state index >= 15 is 0 Å². The Labute approximate surface area is 158 Å². The predicted molar refractivity (Wildman–Crippen MR) is 96.7 cm³/mol. The van der Waals surface area contributed by atoms with Gasteiger partial charge in [-0.3, -0.25) is 25.0 Å². The number of hydrogen-bond acceptors (Lipinski definition) is 5. The summed E-state index contributed by atoms with van der Waals surface area (Å²) in [7, 11) is 0. The number of ketones is 1. The van der Waals surface area contributed by atoms with Crippen molar-refractivity contribution in [2.45, 2.75) is 9.75 Å². The summed E-state index contributed by atoms with van der Waals surface area (Å²) in [6.07, 6.45) is 0. The minimum atomic E-state index is -2.15. The van der Waals surface area contributed by atoms with Crippen LogP contribution in [0.1, 0.15) is 11.1 Å². The second kappa shape index (κ2) is 7.80. The van der Waals surface area contributed by atoms with Crippen LogP contribution in [0.25, 0.3) is 0 Å². The van der Waals surface area contributed by atoms with Gasteiger partial charge in [0.15, 0.2) is 15.5 Å². The van der Waals surface area contributed by atoms with Gasteiger partial charge in [-0.1, -0.05) is 83.9 Å². The SMILES string of the molecule is O=C(C(Cl)(C[N+](=O)[O-])c1ccccc1)C(Cl)(C[N+](=O)[O-])c1ccccc1. The van der Waals surface area contributed by atoms with Crippen molar-refractivity contribution >= 4 is 29.0 Å². The Bertz CT molecular complexity index is 751. The third kappa shape index (κ3) is 4.00. The Morgan fingerprint density at radius 3 is 1.35 bits per heavy atom. The minimum Gasteiger partial charge on any atom is -0.294 e. The van der Waals surface area contributed by atoms with Crippen molar-refractivity contribution in [2.75, 3.05) is 13.1 Å². The third-order valence-electron chi connectivity index (χ3n) is 3.88. The number of halogens is 2. The lowest BCUT2D eigenvalue weighted by molar-refractivity contribution is -0.487. The summed E-state index contributed by atoms with van der Waals surface area (Å²) in [5.74, 6) is -1.01. The van der Waals surface area contributed by atoms with Crippen LogP contribution in [0, 0.1) is 20.2 Å². The van der Waals surface area contributed by atoms with Gasteiger partial charge < -0.3 is 0 Å². The zero-order chi connectivity index (χ0) is 19.4. The number of nitro groups is 2. The topological polar surface area (TPSA) is 103 Å². The molecule has 0 aromatic heterocycles. The summed E-state index contributed by atoms with van der Waals surface area (Å²) in [6.45, 7) is -1.92. The van der Waals surface area contributed by atoms with E-state index in [1.807, 2.05) is 0 Å². The molecule has 0 heterocycles. The lowest BCUT2D eigenvalue weighted by Crippen LogP contribution is -2.50. The maximum absolute atomic E-state index is 13.3. The number of carbonyl (C=O) groups excluding carboxylic acids is 1. The highest BCUT2D eigenvalue weighted by atomic mass is 35.5. The molecule has 0 fully saturated rings. The predicted octanol–water partition coefficient (Wildman–Crippen LogP) is 3.38. The molecule has 0 aliphatic heterocycles. The standard InChI is InChI=1S/C17H14Cl2N2O5/c18-16(11-20(23)24,13-7-3-1-4-8-13)15(22)17(19,12-21(25)26)14-9-5-2-6-10-14/h1-10H,11-12H2. The molecule has 26 heavy (non-hydrogen) atoms. The number of Topliss-reactive ketones (excluding diaryl/α,β-unsaturated/α-hetero) is 1. The first kappa shape index (κ1) is 19.8. The number of carbonyl (C=O) groups is 1. The molecule has 0 spiro atoms. The van der Waals surface area contributed by atoms with E-state index in [0.29, 0.717) is 0 Å². The molecule has 2 atom stereocenters. The zero-order valence-corrected chi connectivity index (χ0v) is 14.9. The molecule has 0 aliphatic carbocycles. The summed E-state index contributed by atoms with van der Waals surface area (Å²) >= 11 is 12.9. The molecule has 0 N–H and O–H groups in total. The first-order chi connectivity index (χ1) is 12.2. The number of nitrogens with zero attached hydrogens (tertiary/aromatic N) is 2. The lowest BCUT2D eigenvalue weighted by Gasteiger charge is -2.30. The van der Waals surface area contributed by atoms with Gasteiger partial charge in [0.2, 0.25) is 13.1 Å². The largest absolute Gasteiger partial charge is 0.294 e. The Balaban J connectivity index is 2.63. The van der Waals surface area contributed by atoms with Crippen molar-refractivity contribution in [1.82, 2.24) is 0 Å². The van der Waals surface area contributed by atoms with Gasteiger partial charge >= 0.3 is 0 Å². The van der Waals surface area contributed by atoms with Crippen molar-refractivity contribution in [3.63, 3.8) is 0 Å². The summed E-state index contributed by atoms with van der Waals surface area (Å²) in [5.41, 5.74) is 0.292. The van der Waals surface area contributed by atoms with Crippen molar-refractivity contribution in [2.24, 2.45) is 0 Å². The van der Waals surface area contributed by atoms with Crippen LogP contribution in [0.3, 0.4) is 0 Å². The Morgan fingerprint density at radius 2 is 1.08 bits per heavy atom. The lowest BCUT2D eigenvalue weighted by atomic mass is 9.82. The van der Waals surface area contributed by atoms with Crippen LogP contribution < -0.4 is 0 Å². The Kier molecular flexibility index (Phi) is 5.94. The highest BCUT2D eigenvalue weighted by molar-refractivity contribution is 6.45. The molecule has 9 heteroatoms. The van der Waals surface area contributed by atoms with Crippen molar-refractivity contribution in [3.8, 4) is 0 Å². The van der Waals surface area contributed by atoms with E-state index in [9.17, 15) is 25.0 Å². The second-order valence-corrected chi connectivity index (χ2v) is 6.94. The smallest absolute Gasteiger partial charge is 0.234 e. The fraction of sp³-hybridized carbons (Fsp3) is 0.235. The number of rotatable bonds is 8. The summed E-state index contributed by atoms with van der Waals surface area (Å²) < 4.78 is 0. The molecule has 136 valence electrons. The van der Waals surface area contributed by atoms with Crippen LogP contribution in [-0.2, 0) is 14.5 Å². The fourth-order valence-electron chi connectivity index (χ4n) is 2.66. The average molecular weight is 397 g/mol. The molecular formula is C17H14Cl2N2O5. The third-order valence-corrected chi connectivity index (χ3v) is 4.90. The second-order valence-electron chi connectivity index (χ2n) is 5.65. The van der Waals surface area contributed by atoms with E-state index < -0.39 is 38.5 Å². The van der Waals surface area contributed by atoms with Gasteiger partial charge in [-0.25, -0.2) is 0 Å². The summed E-state index contributed by atoms with van der Waals surface area (Å²) in [6, 6.07) is 15.3. The molecule has 0 saturated carbocycles. The van der Waals surface area contributed by atoms with Gasteiger partial charge in [0.25, 0.3) is 0 Å².